The highest BCUT2D eigenvalue weighted by atomic mass is 16.6. The first kappa shape index (κ1) is 35.0. The molecule has 2 heterocycles. The van der Waals surface area contributed by atoms with Crippen LogP contribution in [0.4, 0.5) is 4.79 Å². The van der Waals surface area contributed by atoms with Crippen LogP contribution in [0.3, 0.4) is 0 Å². The lowest BCUT2D eigenvalue weighted by atomic mass is 10.0. The maximum atomic E-state index is 13.7. The molecule has 0 saturated carbocycles. The van der Waals surface area contributed by atoms with Gasteiger partial charge in [0.15, 0.2) is 0 Å². The zero-order valence-electron chi connectivity index (χ0n) is 25.6. The van der Waals surface area contributed by atoms with E-state index in [4.69, 9.17) is 9.84 Å². The van der Waals surface area contributed by atoms with E-state index >= 15 is 0 Å². The maximum Gasteiger partial charge on any atom is 0.410 e. The number of carboxylic acids is 1. The van der Waals surface area contributed by atoms with Crippen LogP contribution in [0.2, 0.25) is 0 Å². The van der Waals surface area contributed by atoms with Gasteiger partial charge in [0.1, 0.15) is 31.3 Å². The number of hydrogen-bond donors (Lipinski definition) is 5. The lowest BCUT2D eigenvalue weighted by Gasteiger charge is -2.31. The van der Waals surface area contributed by atoms with Crippen molar-refractivity contribution < 1.29 is 48.5 Å². The van der Waals surface area contributed by atoms with Crippen LogP contribution in [0, 0.1) is 5.92 Å². The van der Waals surface area contributed by atoms with Gasteiger partial charge in [-0.2, -0.15) is 0 Å². The smallest absolute Gasteiger partial charge is 0.410 e. The van der Waals surface area contributed by atoms with E-state index in [0.29, 0.717) is 25.9 Å². The van der Waals surface area contributed by atoms with E-state index in [1.807, 2.05) is 29.6 Å². The molecule has 0 spiro atoms. The molecule has 0 bridgehead atoms. The number of nitrogens with zero attached hydrogens (tertiary/aromatic N) is 2. The summed E-state index contributed by atoms with van der Waals surface area (Å²) < 4.78 is 5.76. The molecule has 0 aliphatic carbocycles. The monoisotopic (exact) mass is 631 g/mol. The average molecular weight is 632 g/mol. The van der Waals surface area contributed by atoms with Crippen molar-refractivity contribution in [2.45, 2.75) is 77.2 Å². The minimum Gasteiger partial charge on any atom is -0.480 e. The fraction of sp³-hybridized carbons (Fsp3) is 0.567. The number of carboxylic acid groups (broad SMARTS) is 1. The largest absolute Gasteiger partial charge is 0.480 e. The number of hydrogen-bond acceptors (Lipinski definition) is 9. The molecule has 2 unspecified atom stereocenters. The van der Waals surface area contributed by atoms with Crippen molar-refractivity contribution in [1.29, 1.82) is 0 Å². The number of amides is 5. The van der Waals surface area contributed by atoms with Crippen LogP contribution in [-0.2, 0) is 46.5 Å². The molecule has 5 N–H and O–H groups in total. The van der Waals surface area contributed by atoms with Gasteiger partial charge in [-0.15, -0.1) is 0 Å². The first-order valence-electron chi connectivity index (χ1n) is 14.9. The van der Waals surface area contributed by atoms with Crippen LogP contribution in [0.15, 0.2) is 24.3 Å². The Morgan fingerprint density at radius 1 is 1.04 bits per heavy atom. The summed E-state index contributed by atoms with van der Waals surface area (Å²) in [4.78, 5) is 91.1. The number of nitrogens with one attached hydrogen (secondary N) is 3. The Morgan fingerprint density at radius 3 is 2.36 bits per heavy atom. The molecular formula is C30H41N5O10. The number of likely N-dealkylation sites (tertiary alicyclic amines) is 1. The van der Waals surface area contributed by atoms with Gasteiger partial charge in [0, 0.05) is 19.5 Å². The summed E-state index contributed by atoms with van der Waals surface area (Å²) in [5.74, 6) is -6.27. The van der Waals surface area contributed by atoms with Crippen molar-refractivity contribution in [2.24, 2.45) is 5.92 Å². The SMILES string of the molecule is CCCC(NC(=O)C1C[C@@H](OC(=O)N2CCc3ccccc3C2)CN1C(=O)[C@@H](NC(=O)CO)C(C)C)C(=O)C(=O)NCC(=O)O. The van der Waals surface area contributed by atoms with Gasteiger partial charge in [0.25, 0.3) is 5.91 Å². The molecule has 1 aromatic rings. The lowest BCUT2D eigenvalue weighted by molar-refractivity contribution is -0.144. The number of aliphatic carboxylic acids is 1. The predicted octanol–water partition coefficient (Wildman–Crippen LogP) is -0.661. The Balaban J connectivity index is 1.81. The maximum absolute atomic E-state index is 13.7. The summed E-state index contributed by atoms with van der Waals surface area (Å²) in [6.45, 7) is 3.99. The van der Waals surface area contributed by atoms with Gasteiger partial charge in [0.2, 0.25) is 23.5 Å². The van der Waals surface area contributed by atoms with Gasteiger partial charge in [-0.25, -0.2) is 4.79 Å². The number of rotatable bonds is 13. The zero-order chi connectivity index (χ0) is 33.3. The number of carbonyl (C=O) groups excluding carboxylic acids is 6. The average Bonchev–Trinajstić information content (AvgIpc) is 3.44. The Bertz CT molecular complexity index is 1300. The van der Waals surface area contributed by atoms with Crippen molar-refractivity contribution in [3.63, 3.8) is 0 Å². The number of carbonyl (C=O) groups is 7. The zero-order valence-corrected chi connectivity index (χ0v) is 25.6. The number of aliphatic hydroxyl groups excluding tert-OH is 1. The Labute approximate surface area is 260 Å². The van der Waals surface area contributed by atoms with Crippen molar-refractivity contribution in [1.82, 2.24) is 25.8 Å². The van der Waals surface area contributed by atoms with Crippen molar-refractivity contribution in [2.75, 3.05) is 26.2 Å². The first-order valence-corrected chi connectivity index (χ1v) is 14.9. The van der Waals surface area contributed by atoms with E-state index in [-0.39, 0.29) is 19.4 Å². The minimum absolute atomic E-state index is 0.0573. The van der Waals surface area contributed by atoms with Crippen molar-refractivity contribution in [3.05, 3.63) is 35.4 Å². The third-order valence-corrected chi connectivity index (χ3v) is 7.73. The predicted molar refractivity (Wildman–Crippen MR) is 157 cm³/mol. The van der Waals surface area contributed by atoms with E-state index in [9.17, 15) is 38.7 Å². The molecule has 4 atom stereocenters. The van der Waals surface area contributed by atoms with Crippen LogP contribution in [0.5, 0.6) is 0 Å². The minimum atomic E-state index is -1.35. The third kappa shape index (κ3) is 9.23. The molecule has 1 saturated heterocycles. The van der Waals surface area contributed by atoms with Gasteiger partial charge < -0.3 is 40.7 Å². The highest BCUT2D eigenvalue weighted by Gasteiger charge is 2.45. The van der Waals surface area contributed by atoms with E-state index in [1.54, 1.807) is 20.8 Å². The summed E-state index contributed by atoms with van der Waals surface area (Å²) in [6, 6.07) is 4.06. The number of aliphatic hydroxyl groups is 1. The molecule has 2 aliphatic rings. The number of ketones is 1. The third-order valence-electron chi connectivity index (χ3n) is 7.73. The Morgan fingerprint density at radius 2 is 1.73 bits per heavy atom. The van der Waals surface area contributed by atoms with E-state index in [0.717, 1.165) is 11.1 Å². The summed E-state index contributed by atoms with van der Waals surface area (Å²) in [6.07, 6.45) is -0.565. The van der Waals surface area contributed by atoms with Crippen LogP contribution in [0.1, 0.15) is 51.2 Å². The second-order valence-electron chi connectivity index (χ2n) is 11.4. The molecule has 3 rings (SSSR count). The molecule has 1 fully saturated rings. The summed E-state index contributed by atoms with van der Waals surface area (Å²) in [7, 11) is 0. The molecule has 15 heteroatoms. The normalized spacial score (nSPS) is 18.8. The van der Waals surface area contributed by atoms with E-state index in [1.165, 1.54) is 9.80 Å². The lowest BCUT2D eigenvalue weighted by Crippen LogP contribution is -2.57. The molecular weight excluding hydrogens is 590 g/mol. The highest BCUT2D eigenvalue weighted by Crippen LogP contribution is 2.26. The molecule has 15 nitrogen and oxygen atoms in total. The van der Waals surface area contributed by atoms with Crippen LogP contribution >= 0.6 is 0 Å². The van der Waals surface area contributed by atoms with Gasteiger partial charge in [-0.1, -0.05) is 51.5 Å². The van der Waals surface area contributed by atoms with Crippen LogP contribution in [-0.4, -0.2) is 112 Å². The molecule has 5 amide bonds. The van der Waals surface area contributed by atoms with Crippen LogP contribution in [0.25, 0.3) is 0 Å². The van der Waals surface area contributed by atoms with Crippen LogP contribution < -0.4 is 16.0 Å². The fourth-order valence-electron chi connectivity index (χ4n) is 5.38. The molecule has 1 aromatic carbocycles. The fourth-order valence-corrected chi connectivity index (χ4v) is 5.38. The quantitative estimate of drug-likeness (QED) is 0.173. The standard InChI is InChI=1S/C30H41N5O10/c1-4-7-21(26(40)28(42)31-13-24(38)39)32-27(41)22-12-20(15-35(22)29(43)25(17(2)3)33-23(37)16-36)45-30(44)34-11-10-18-8-5-6-9-19(18)14-34/h5-6,8-9,17,20-22,25,36H,4,7,10-16H2,1-3H3,(H,31,42)(H,32,41)(H,33,37)(H,38,39)/t20-,21?,22?,25+/m1/s1. The van der Waals surface area contributed by atoms with Gasteiger partial charge >= 0.3 is 12.1 Å². The Kier molecular flexibility index (Phi) is 12.4. The van der Waals surface area contributed by atoms with Gasteiger partial charge in [-0.05, 0) is 29.9 Å². The summed E-state index contributed by atoms with van der Waals surface area (Å²) in [5.41, 5.74) is 2.12. The highest BCUT2D eigenvalue weighted by molar-refractivity contribution is 6.38. The number of fused-ring (bicyclic) bond motifs is 1. The molecule has 2 aliphatic heterocycles. The number of ether oxygens (including phenoxy) is 1. The van der Waals surface area contributed by atoms with E-state index < -0.39 is 84.8 Å². The Hall–Kier alpha value is -4.53. The number of Topliss-reactive ketones (excluding diaryl/α,β-unsaturated/α-hetero) is 1. The van der Waals surface area contributed by atoms with Crippen molar-refractivity contribution in [3.8, 4) is 0 Å². The van der Waals surface area contributed by atoms with Crippen molar-refractivity contribution >= 4 is 41.5 Å². The van der Waals surface area contributed by atoms with E-state index in [2.05, 4.69) is 10.6 Å². The second-order valence-corrected chi connectivity index (χ2v) is 11.4. The topological polar surface area (TPSA) is 212 Å². The van der Waals surface area contributed by atoms with Gasteiger partial charge in [-0.3, -0.25) is 28.8 Å². The second kappa shape index (κ2) is 16.0. The van der Waals surface area contributed by atoms with Gasteiger partial charge in [0.05, 0.1) is 12.6 Å². The number of benzene rings is 1. The summed E-state index contributed by atoms with van der Waals surface area (Å²) >= 11 is 0. The molecule has 0 aromatic heterocycles. The molecule has 45 heavy (non-hydrogen) atoms. The first-order chi connectivity index (χ1) is 21.4. The molecule has 0 radical (unpaired) electrons. The summed E-state index contributed by atoms with van der Waals surface area (Å²) in [5, 5.41) is 25.0. The molecule has 246 valence electrons.